The molecular formula is C14H22N2O. The van der Waals surface area contributed by atoms with Crippen LogP contribution in [0, 0.1) is 6.92 Å². The van der Waals surface area contributed by atoms with Gasteiger partial charge in [0.2, 0.25) is 5.91 Å². The third-order valence-electron chi connectivity index (χ3n) is 3.02. The van der Waals surface area contributed by atoms with Crippen molar-refractivity contribution in [3.63, 3.8) is 0 Å². The molecule has 1 rings (SSSR count). The van der Waals surface area contributed by atoms with Crippen molar-refractivity contribution in [1.82, 2.24) is 5.32 Å². The SMILES string of the molecule is CNC(C(N)=O)c1ccc(C(C)(C)C)cc1C. The number of rotatable bonds is 3. The molecule has 0 aliphatic carbocycles. The summed E-state index contributed by atoms with van der Waals surface area (Å²) >= 11 is 0. The minimum Gasteiger partial charge on any atom is -0.368 e. The summed E-state index contributed by atoms with van der Waals surface area (Å²) in [4.78, 5) is 11.3. The van der Waals surface area contributed by atoms with E-state index in [9.17, 15) is 4.79 Å². The van der Waals surface area contributed by atoms with Gasteiger partial charge < -0.3 is 11.1 Å². The summed E-state index contributed by atoms with van der Waals surface area (Å²) in [5, 5.41) is 2.94. The smallest absolute Gasteiger partial charge is 0.239 e. The summed E-state index contributed by atoms with van der Waals surface area (Å²) in [6, 6.07) is 5.77. The lowest BCUT2D eigenvalue weighted by molar-refractivity contribution is -0.120. The van der Waals surface area contributed by atoms with Gasteiger partial charge in [-0.1, -0.05) is 39.0 Å². The van der Waals surface area contributed by atoms with Gasteiger partial charge in [0.15, 0.2) is 0 Å². The van der Waals surface area contributed by atoms with E-state index in [1.54, 1.807) is 7.05 Å². The van der Waals surface area contributed by atoms with Gasteiger partial charge in [0.1, 0.15) is 6.04 Å². The van der Waals surface area contributed by atoms with Crippen LogP contribution >= 0.6 is 0 Å². The van der Waals surface area contributed by atoms with Gasteiger partial charge in [-0.3, -0.25) is 4.79 Å². The first-order valence-electron chi connectivity index (χ1n) is 5.85. The number of likely N-dealkylation sites (N-methyl/N-ethyl adjacent to an activating group) is 1. The fourth-order valence-corrected chi connectivity index (χ4v) is 1.92. The number of hydrogen-bond donors (Lipinski definition) is 2. The summed E-state index contributed by atoms with van der Waals surface area (Å²) < 4.78 is 0. The maximum Gasteiger partial charge on any atom is 0.239 e. The molecule has 94 valence electrons. The molecular weight excluding hydrogens is 212 g/mol. The van der Waals surface area contributed by atoms with E-state index in [0.29, 0.717) is 0 Å². The zero-order valence-corrected chi connectivity index (χ0v) is 11.3. The van der Waals surface area contributed by atoms with Gasteiger partial charge >= 0.3 is 0 Å². The van der Waals surface area contributed by atoms with Crippen molar-refractivity contribution < 1.29 is 4.79 Å². The van der Waals surface area contributed by atoms with Crippen molar-refractivity contribution in [2.24, 2.45) is 5.73 Å². The first-order chi connectivity index (χ1) is 7.77. The second-order valence-corrected chi connectivity index (χ2v) is 5.45. The maximum atomic E-state index is 11.3. The third kappa shape index (κ3) is 3.07. The van der Waals surface area contributed by atoms with E-state index in [4.69, 9.17) is 5.73 Å². The van der Waals surface area contributed by atoms with Crippen molar-refractivity contribution in [3.05, 3.63) is 34.9 Å². The van der Waals surface area contributed by atoms with Crippen molar-refractivity contribution in [1.29, 1.82) is 0 Å². The number of nitrogens with two attached hydrogens (primary N) is 1. The minimum absolute atomic E-state index is 0.116. The monoisotopic (exact) mass is 234 g/mol. The highest BCUT2D eigenvalue weighted by molar-refractivity contribution is 5.81. The number of carbonyl (C=O) groups excluding carboxylic acids is 1. The molecule has 0 spiro atoms. The molecule has 0 aromatic heterocycles. The van der Waals surface area contributed by atoms with Crippen LogP contribution in [-0.2, 0) is 10.2 Å². The predicted molar refractivity (Wildman–Crippen MR) is 70.9 cm³/mol. The predicted octanol–water partition coefficient (Wildman–Crippen LogP) is 2.04. The van der Waals surface area contributed by atoms with E-state index >= 15 is 0 Å². The Bertz CT molecular complexity index is 419. The van der Waals surface area contributed by atoms with E-state index in [1.807, 2.05) is 13.0 Å². The molecule has 0 radical (unpaired) electrons. The Balaban J connectivity index is 3.18. The Morgan fingerprint density at radius 1 is 1.35 bits per heavy atom. The molecule has 0 fully saturated rings. The number of primary amides is 1. The first kappa shape index (κ1) is 13.7. The van der Waals surface area contributed by atoms with Crippen LogP contribution in [0.15, 0.2) is 18.2 Å². The van der Waals surface area contributed by atoms with Crippen molar-refractivity contribution in [2.75, 3.05) is 7.05 Å². The molecule has 1 atom stereocenters. The van der Waals surface area contributed by atoms with Crippen LogP contribution in [0.1, 0.15) is 43.5 Å². The molecule has 0 heterocycles. The van der Waals surface area contributed by atoms with E-state index in [-0.39, 0.29) is 11.3 Å². The Morgan fingerprint density at radius 3 is 2.29 bits per heavy atom. The van der Waals surface area contributed by atoms with Crippen LogP contribution in [0.2, 0.25) is 0 Å². The molecule has 1 aromatic carbocycles. The fraction of sp³-hybridized carbons (Fsp3) is 0.500. The minimum atomic E-state index is -0.413. The highest BCUT2D eigenvalue weighted by atomic mass is 16.1. The number of amides is 1. The van der Waals surface area contributed by atoms with E-state index in [1.165, 1.54) is 5.56 Å². The highest BCUT2D eigenvalue weighted by Gasteiger charge is 2.20. The molecule has 0 aliphatic heterocycles. The van der Waals surface area contributed by atoms with Gasteiger partial charge in [-0.2, -0.15) is 0 Å². The Labute approximate surface area is 103 Å². The topological polar surface area (TPSA) is 55.1 Å². The quantitative estimate of drug-likeness (QED) is 0.841. The van der Waals surface area contributed by atoms with Gasteiger partial charge in [-0.15, -0.1) is 0 Å². The van der Waals surface area contributed by atoms with Crippen LogP contribution in [0.5, 0.6) is 0 Å². The van der Waals surface area contributed by atoms with E-state index in [0.717, 1.165) is 11.1 Å². The number of aryl methyl sites for hydroxylation is 1. The van der Waals surface area contributed by atoms with Crippen LogP contribution < -0.4 is 11.1 Å². The molecule has 0 saturated heterocycles. The number of nitrogens with one attached hydrogen (secondary N) is 1. The molecule has 3 heteroatoms. The second-order valence-electron chi connectivity index (χ2n) is 5.45. The number of carbonyl (C=O) groups is 1. The summed E-state index contributed by atoms with van der Waals surface area (Å²) in [7, 11) is 1.74. The van der Waals surface area contributed by atoms with Crippen LogP contribution in [-0.4, -0.2) is 13.0 Å². The summed E-state index contributed by atoms with van der Waals surface area (Å²) in [6.45, 7) is 8.53. The Morgan fingerprint density at radius 2 is 1.94 bits per heavy atom. The van der Waals surface area contributed by atoms with Crippen molar-refractivity contribution in [2.45, 2.75) is 39.2 Å². The summed E-state index contributed by atoms with van der Waals surface area (Å²) in [6.07, 6.45) is 0. The van der Waals surface area contributed by atoms with E-state index < -0.39 is 6.04 Å². The number of benzene rings is 1. The molecule has 17 heavy (non-hydrogen) atoms. The molecule has 0 aliphatic rings. The first-order valence-corrected chi connectivity index (χ1v) is 5.85. The molecule has 0 saturated carbocycles. The lowest BCUT2D eigenvalue weighted by Crippen LogP contribution is -2.31. The lowest BCUT2D eigenvalue weighted by atomic mass is 9.84. The van der Waals surface area contributed by atoms with Gasteiger partial charge in [0.05, 0.1) is 0 Å². The molecule has 3 N–H and O–H groups in total. The Hall–Kier alpha value is -1.35. The van der Waals surface area contributed by atoms with Crippen molar-refractivity contribution in [3.8, 4) is 0 Å². The van der Waals surface area contributed by atoms with Gasteiger partial charge in [-0.05, 0) is 36.1 Å². The van der Waals surface area contributed by atoms with Crippen molar-refractivity contribution >= 4 is 5.91 Å². The largest absolute Gasteiger partial charge is 0.368 e. The van der Waals surface area contributed by atoms with E-state index in [2.05, 4.69) is 38.2 Å². The van der Waals surface area contributed by atoms with Crippen LogP contribution in [0.3, 0.4) is 0 Å². The standard InChI is InChI=1S/C14H22N2O/c1-9-8-10(14(2,3)4)6-7-11(9)12(16-5)13(15)17/h6-8,12,16H,1-5H3,(H2,15,17). The average Bonchev–Trinajstić information content (AvgIpc) is 2.19. The highest BCUT2D eigenvalue weighted by Crippen LogP contribution is 2.26. The summed E-state index contributed by atoms with van der Waals surface area (Å²) in [5.74, 6) is -0.348. The molecule has 1 amide bonds. The molecule has 1 unspecified atom stereocenters. The Kier molecular flexibility index (Phi) is 3.94. The zero-order valence-electron chi connectivity index (χ0n) is 11.3. The van der Waals surface area contributed by atoms with Crippen LogP contribution in [0.4, 0.5) is 0 Å². The maximum absolute atomic E-state index is 11.3. The zero-order chi connectivity index (χ0) is 13.2. The molecule has 3 nitrogen and oxygen atoms in total. The van der Waals surface area contributed by atoms with Gasteiger partial charge in [-0.25, -0.2) is 0 Å². The summed E-state index contributed by atoms with van der Waals surface area (Å²) in [5.41, 5.74) is 8.79. The fourth-order valence-electron chi connectivity index (χ4n) is 1.92. The third-order valence-corrected chi connectivity index (χ3v) is 3.02. The van der Waals surface area contributed by atoms with Gasteiger partial charge in [0.25, 0.3) is 0 Å². The molecule has 1 aromatic rings. The average molecular weight is 234 g/mol. The number of hydrogen-bond acceptors (Lipinski definition) is 2. The van der Waals surface area contributed by atoms with Gasteiger partial charge in [0, 0.05) is 0 Å². The lowest BCUT2D eigenvalue weighted by Gasteiger charge is -2.22. The second kappa shape index (κ2) is 4.88. The van der Waals surface area contributed by atoms with Crippen LogP contribution in [0.25, 0.3) is 0 Å². The molecule has 0 bridgehead atoms. The normalized spacial score (nSPS) is 13.5.